The summed E-state index contributed by atoms with van der Waals surface area (Å²) in [6, 6.07) is 0. The van der Waals surface area contributed by atoms with Gasteiger partial charge in [-0.1, -0.05) is 0 Å². The number of ether oxygens (including phenoxy) is 3. The van der Waals surface area contributed by atoms with E-state index in [9.17, 15) is 4.79 Å². The second-order valence-electron chi connectivity index (χ2n) is 3.55. The van der Waals surface area contributed by atoms with Crippen molar-refractivity contribution < 1.29 is 24.1 Å². The van der Waals surface area contributed by atoms with Crippen LogP contribution in [0.25, 0.3) is 0 Å². The first-order valence-electron chi connectivity index (χ1n) is 5.24. The van der Waals surface area contributed by atoms with E-state index in [4.69, 9.17) is 19.3 Å². The third kappa shape index (κ3) is 4.59. The Balaban J connectivity index is 2.12. The van der Waals surface area contributed by atoms with Gasteiger partial charge in [0.05, 0.1) is 19.8 Å². The zero-order valence-electron chi connectivity index (χ0n) is 8.98. The second-order valence-corrected chi connectivity index (χ2v) is 3.55. The van der Waals surface area contributed by atoms with E-state index in [1.54, 1.807) is 6.92 Å². The molecular weight excluding hydrogens is 200 g/mol. The minimum absolute atomic E-state index is 0.111. The van der Waals surface area contributed by atoms with Crippen LogP contribution in [0.4, 0.5) is 0 Å². The van der Waals surface area contributed by atoms with Crippen LogP contribution >= 0.6 is 0 Å². The number of rotatable bonds is 7. The van der Waals surface area contributed by atoms with Gasteiger partial charge in [0.1, 0.15) is 0 Å². The van der Waals surface area contributed by atoms with Crippen LogP contribution in [0.2, 0.25) is 0 Å². The van der Waals surface area contributed by atoms with Gasteiger partial charge in [0.2, 0.25) is 0 Å². The highest BCUT2D eigenvalue weighted by atomic mass is 16.5. The minimum Gasteiger partial charge on any atom is -0.479 e. The number of hydrogen-bond acceptors (Lipinski definition) is 4. The molecule has 0 saturated carbocycles. The molecule has 0 aromatic heterocycles. The molecular formula is C10H18O5. The first kappa shape index (κ1) is 12.4. The van der Waals surface area contributed by atoms with Gasteiger partial charge in [-0.3, -0.25) is 0 Å². The van der Waals surface area contributed by atoms with Gasteiger partial charge < -0.3 is 19.3 Å². The lowest BCUT2D eigenvalue weighted by atomic mass is 10.1. The SMILES string of the molecule is CCOC(COCC1CCOC1)C(=O)O. The van der Waals surface area contributed by atoms with Crippen LogP contribution in [0.15, 0.2) is 0 Å². The van der Waals surface area contributed by atoms with Gasteiger partial charge in [0.25, 0.3) is 0 Å². The van der Waals surface area contributed by atoms with Crippen molar-refractivity contribution in [3.63, 3.8) is 0 Å². The molecule has 5 heteroatoms. The van der Waals surface area contributed by atoms with E-state index in [0.29, 0.717) is 25.7 Å². The number of carboxylic acid groups (broad SMARTS) is 1. The van der Waals surface area contributed by atoms with Crippen molar-refractivity contribution in [1.82, 2.24) is 0 Å². The molecule has 0 amide bonds. The molecule has 2 atom stereocenters. The Morgan fingerprint density at radius 2 is 2.47 bits per heavy atom. The van der Waals surface area contributed by atoms with E-state index < -0.39 is 12.1 Å². The Kier molecular flexibility index (Phi) is 5.60. The zero-order chi connectivity index (χ0) is 11.1. The predicted octanol–water partition coefficient (Wildman–Crippen LogP) is 0.529. The van der Waals surface area contributed by atoms with Crippen molar-refractivity contribution in [2.24, 2.45) is 5.92 Å². The summed E-state index contributed by atoms with van der Waals surface area (Å²) in [7, 11) is 0. The Morgan fingerprint density at radius 1 is 1.67 bits per heavy atom. The average Bonchev–Trinajstić information content (AvgIpc) is 2.69. The molecule has 0 spiro atoms. The van der Waals surface area contributed by atoms with Crippen LogP contribution in [0.3, 0.4) is 0 Å². The van der Waals surface area contributed by atoms with E-state index in [2.05, 4.69) is 0 Å². The molecule has 1 aliphatic heterocycles. The van der Waals surface area contributed by atoms with E-state index >= 15 is 0 Å². The summed E-state index contributed by atoms with van der Waals surface area (Å²) in [4.78, 5) is 10.7. The fourth-order valence-corrected chi connectivity index (χ4v) is 1.45. The van der Waals surface area contributed by atoms with E-state index in [1.807, 2.05) is 0 Å². The summed E-state index contributed by atoms with van der Waals surface area (Å²) in [6.45, 7) is 4.30. The minimum atomic E-state index is -0.973. The first-order valence-corrected chi connectivity index (χ1v) is 5.24. The van der Waals surface area contributed by atoms with Crippen LogP contribution in [0, 0.1) is 5.92 Å². The lowest BCUT2D eigenvalue weighted by molar-refractivity contribution is -0.154. The number of carbonyl (C=O) groups is 1. The Morgan fingerprint density at radius 3 is 3.00 bits per heavy atom. The van der Waals surface area contributed by atoms with Crippen molar-refractivity contribution in [1.29, 1.82) is 0 Å². The smallest absolute Gasteiger partial charge is 0.335 e. The summed E-state index contributed by atoms with van der Waals surface area (Å²) in [5, 5.41) is 8.77. The zero-order valence-corrected chi connectivity index (χ0v) is 8.98. The number of aliphatic carboxylic acids is 1. The normalized spacial score (nSPS) is 22.9. The summed E-state index contributed by atoms with van der Waals surface area (Å²) in [6.07, 6.45) is 0.143. The lowest BCUT2D eigenvalue weighted by Crippen LogP contribution is -2.30. The molecule has 0 aromatic rings. The lowest BCUT2D eigenvalue weighted by Gasteiger charge is -2.14. The molecule has 88 valence electrons. The first-order chi connectivity index (χ1) is 7.24. The van der Waals surface area contributed by atoms with E-state index in [-0.39, 0.29) is 6.61 Å². The van der Waals surface area contributed by atoms with Crippen molar-refractivity contribution >= 4 is 5.97 Å². The van der Waals surface area contributed by atoms with Crippen molar-refractivity contribution in [2.75, 3.05) is 33.0 Å². The van der Waals surface area contributed by atoms with E-state index in [1.165, 1.54) is 0 Å². The molecule has 5 nitrogen and oxygen atoms in total. The maximum atomic E-state index is 10.7. The molecule has 2 unspecified atom stereocenters. The van der Waals surface area contributed by atoms with Crippen molar-refractivity contribution in [3.8, 4) is 0 Å². The summed E-state index contributed by atoms with van der Waals surface area (Å²) in [5.41, 5.74) is 0. The number of carboxylic acids is 1. The fraction of sp³-hybridized carbons (Fsp3) is 0.900. The average molecular weight is 218 g/mol. The quantitative estimate of drug-likeness (QED) is 0.675. The number of hydrogen-bond donors (Lipinski definition) is 1. The summed E-state index contributed by atoms with van der Waals surface area (Å²) in [5.74, 6) is -0.569. The molecule has 1 aliphatic rings. The molecule has 1 fully saturated rings. The van der Waals surface area contributed by atoms with Gasteiger partial charge in [-0.2, -0.15) is 0 Å². The van der Waals surface area contributed by atoms with E-state index in [0.717, 1.165) is 13.0 Å². The molecule has 0 bridgehead atoms. The molecule has 1 heterocycles. The molecule has 1 N–H and O–H groups in total. The Hall–Kier alpha value is -0.650. The van der Waals surface area contributed by atoms with Gasteiger partial charge in [-0.15, -0.1) is 0 Å². The van der Waals surface area contributed by atoms with Gasteiger partial charge in [-0.25, -0.2) is 4.79 Å². The van der Waals surface area contributed by atoms with Gasteiger partial charge >= 0.3 is 5.97 Å². The third-order valence-corrected chi connectivity index (χ3v) is 2.29. The largest absolute Gasteiger partial charge is 0.479 e. The third-order valence-electron chi connectivity index (χ3n) is 2.29. The Bertz CT molecular complexity index is 188. The predicted molar refractivity (Wildman–Crippen MR) is 52.8 cm³/mol. The maximum Gasteiger partial charge on any atom is 0.335 e. The van der Waals surface area contributed by atoms with Crippen molar-refractivity contribution in [3.05, 3.63) is 0 Å². The standard InChI is InChI=1S/C10H18O5/c1-2-15-9(10(11)12)7-14-6-8-3-4-13-5-8/h8-9H,2-7H2,1H3,(H,11,12). The topological polar surface area (TPSA) is 65.0 Å². The molecule has 15 heavy (non-hydrogen) atoms. The fourth-order valence-electron chi connectivity index (χ4n) is 1.45. The van der Waals surface area contributed by atoms with Crippen LogP contribution < -0.4 is 0 Å². The van der Waals surface area contributed by atoms with Crippen LogP contribution in [-0.2, 0) is 19.0 Å². The van der Waals surface area contributed by atoms with Gasteiger partial charge in [0, 0.05) is 19.1 Å². The Labute approximate surface area is 89.3 Å². The maximum absolute atomic E-state index is 10.7. The molecule has 1 saturated heterocycles. The summed E-state index contributed by atoms with van der Waals surface area (Å²) >= 11 is 0. The highest BCUT2D eigenvalue weighted by Gasteiger charge is 2.20. The van der Waals surface area contributed by atoms with Crippen LogP contribution in [-0.4, -0.2) is 50.2 Å². The second kappa shape index (κ2) is 6.76. The molecule has 1 rings (SSSR count). The molecule has 0 aliphatic carbocycles. The van der Waals surface area contributed by atoms with Crippen LogP contribution in [0.1, 0.15) is 13.3 Å². The highest BCUT2D eigenvalue weighted by molar-refractivity contribution is 5.72. The van der Waals surface area contributed by atoms with Gasteiger partial charge in [0.15, 0.2) is 6.10 Å². The monoisotopic (exact) mass is 218 g/mol. The van der Waals surface area contributed by atoms with Crippen LogP contribution in [0.5, 0.6) is 0 Å². The van der Waals surface area contributed by atoms with Crippen molar-refractivity contribution in [2.45, 2.75) is 19.4 Å². The van der Waals surface area contributed by atoms with Gasteiger partial charge in [-0.05, 0) is 13.3 Å². The molecule has 0 aromatic carbocycles. The molecule has 0 radical (unpaired) electrons. The highest BCUT2D eigenvalue weighted by Crippen LogP contribution is 2.12. The summed E-state index contributed by atoms with van der Waals surface area (Å²) < 4.78 is 15.5.